The van der Waals surface area contributed by atoms with Crippen molar-refractivity contribution >= 4 is 11.9 Å². The van der Waals surface area contributed by atoms with Gasteiger partial charge in [-0.2, -0.15) is 5.10 Å². The highest BCUT2D eigenvalue weighted by molar-refractivity contribution is 5.84. The first-order valence-corrected chi connectivity index (χ1v) is 4.49. The first-order valence-electron chi connectivity index (χ1n) is 4.49. The predicted octanol–water partition coefficient (Wildman–Crippen LogP) is -0.116. The van der Waals surface area contributed by atoms with Crippen LogP contribution in [0.2, 0.25) is 0 Å². The van der Waals surface area contributed by atoms with E-state index in [1.54, 1.807) is 12.3 Å². The van der Waals surface area contributed by atoms with Gasteiger partial charge in [-0.15, -0.1) is 0 Å². The smallest absolute Gasteiger partial charge is 0.326 e. The van der Waals surface area contributed by atoms with E-state index in [0.717, 1.165) is 0 Å². The van der Waals surface area contributed by atoms with Crippen molar-refractivity contribution in [3.63, 3.8) is 0 Å². The number of hydrogen-bond donors (Lipinski definition) is 2. The van der Waals surface area contributed by atoms with Crippen molar-refractivity contribution in [2.75, 3.05) is 7.05 Å². The Morgan fingerprint density at radius 2 is 2.33 bits per heavy atom. The fourth-order valence-electron chi connectivity index (χ4n) is 1.05. The lowest BCUT2D eigenvalue weighted by Crippen LogP contribution is -2.41. The quantitative estimate of drug-likeness (QED) is 0.727. The van der Waals surface area contributed by atoms with Crippen LogP contribution in [0.4, 0.5) is 0 Å². The van der Waals surface area contributed by atoms with Crippen LogP contribution >= 0.6 is 0 Å². The summed E-state index contributed by atoms with van der Waals surface area (Å²) in [5.41, 5.74) is 0.671. The molecule has 6 heteroatoms. The van der Waals surface area contributed by atoms with Crippen LogP contribution in [-0.4, -0.2) is 45.2 Å². The molecule has 6 nitrogen and oxygen atoms in total. The van der Waals surface area contributed by atoms with Crippen LogP contribution in [-0.2, 0) is 16.0 Å². The van der Waals surface area contributed by atoms with Gasteiger partial charge in [-0.3, -0.25) is 9.89 Å². The van der Waals surface area contributed by atoms with E-state index in [-0.39, 0.29) is 12.3 Å². The zero-order chi connectivity index (χ0) is 11.4. The number of carbonyl (C=O) groups is 2. The Labute approximate surface area is 86.9 Å². The van der Waals surface area contributed by atoms with E-state index in [1.807, 2.05) is 0 Å². The van der Waals surface area contributed by atoms with Crippen LogP contribution in [0.3, 0.4) is 0 Å². The normalized spacial score (nSPS) is 12.1. The third kappa shape index (κ3) is 2.80. The van der Waals surface area contributed by atoms with E-state index in [9.17, 15) is 9.59 Å². The van der Waals surface area contributed by atoms with Crippen molar-refractivity contribution in [2.45, 2.75) is 19.4 Å². The molecule has 0 fully saturated rings. The maximum atomic E-state index is 11.6. The van der Waals surface area contributed by atoms with Crippen LogP contribution in [0.25, 0.3) is 0 Å². The van der Waals surface area contributed by atoms with Crippen LogP contribution in [0.15, 0.2) is 12.3 Å². The number of carbonyl (C=O) groups excluding carboxylic acids is 1. The Morgan fingerprint density at radius 1 is 1.67 bits per heavy atom. The Balaban J connectivity index is 2.57. The summed E-state index contributed by atoms with van der Waals surface area (Å²) in [5, 5.41) is 15.1. The highest BCUT2D eigenvalue weighted by Gasteiger charge is 2.21. The highest BCUT2D eigenvalue weighted by atomic mass is 16.4. The van der Waals surface area contributed by atoms with Gasteiger partial charge in [0.25, 0.3) is 0 Å². The van der Waals surface area contributed by atoms with E-state index >= 15 is 0 Å². The number of nitrogens with zero attached hydrogens (tertiary/aromatic N) is 2. The number of hydrogen-bond acceptors (Lipinski definition) is 3. The lowest BCUT2D eigenvalue weighted by molar-refractivity contribution is -0.148. The number of likely N-dealkylation sites (N-methyl/N-ethyl adjacent to an activating group) is 1. The van der Waals surface area contributed by atoms with Crippen molar-refractivity contribution in [3.8, 4) is 0 Å². The van der Waals surface area contributed by atoms with Crippen molar-refractivity contribution in [3.05, 3.63) is 18.0 Å². The molecule has 1 atom stereocenters. The number of H-pyrrole nitrogens is 1. The summed E-state index contributed by atoms with van der Waals surface area (Å²) in [6.45, 7) is 1.47. The van der Waals surface area contributed by atoms with E-state index in [1.165, 1.54) is 18.9 Å². The molecule has 0 bridgehead atoms. The van der Waals surface area contributed by atoms with Gasteiger partial charge in [0.05, 0.1) is 6.42 Å². The van der Waals surface area contributed by atoms with Crippen molar-refractivity contribution in [1.29, 1.82) is 0 Å². The summed E-state index contributed by atoms with van der Waals surface area (Å²) >= 11 is 0. The molecule has 0 radical (unpaired) electrons. The molecule has 0 aromatic carbocycles. The van der Waals surface area contributed by atoms with Crippen LogP contribution in [0.5, 0.6) is 0 Å². The van der Waals surface area contributed by atoms with Gasteiger partial charge in [0, 0.05) is 18.9 Å². The Morgan fingerprint density at radius 3 is 2.80 bits per heavy atom. The van der Waals surface area contributed by atoms with Gasteiger partial charge in [0.1, 0.15) is 6.04 Å². The minimum Gasteiger partial charge on any atom is -0.480 e. The standard InChI is InChI=1S/C9H13N3O3/c1-6(9(14)15)12(2)8(13)5-7-3-4-10-11-7/h3-4,6H,5H2,1-2H3,(H,10,11)(H,14,15). The lowest BCUT2D eigenvalue weighted by atomic mass is 10.2. The molecule has 0 saturated heterocycles. The monoisotopic (exact) mass is 211 g/mol. The number of amides is 1. The molecule has 1 rings (SSSR count). The van der Waals surface area contributed by atoms with Gasteiger partial charge in [0.15, 0.2) is 0 Å². The molecular weight excluding hydrogens is 198 g/mol. The predicted molar refractivity (Wildman–Crippen MR) is 52.2 cm³/mol. The third-order valence-electron chi connectivity index (χ3n) is 2.23. The molecule has 0 aliphatic rings. The van der Waals surface area contributed by atoms with Gasteiger partial charge in [-0.05, 0) is 13.0 Å². The largest absolute Gasteiger partial charge is 0.480 e. The molecular formula is C9H13N3O3. The molecule has 1 heterocycles. The fourth-order valence-corrected chi connectivity index (χ4v) is 1.05. The van der Waals surface area contributed by atoms with Gasteiger partial charge in [-0.25, -0.2) is 4.79 Å². The minimum atomic E-state index is -1.02. The van der Waals surface area contributed by atoms with Crippen LogP contribution < -0.4 is 0 Å². The van der Waals surface area contributed by atoms with Crippen molar-refractivity contribution in [1.82, 2.24) is 15.1 Å². The SMILES string of the molecule is CC(C(=O)O)N(C)C(=O)Cc1ccn[nH]1. The molecule has 1 aromatic rings. The second kappa shape index (κ2) is 4.59. The zero-order valence-corrected chi connectivity index (χ0v) is 8.60. The maximum absolute atomic E-state index is 11.6. The summed E-state index contributed by atoms with van der Waals surface area (Å²) in [6, 6.07) is 0.859. The van der Waals surface area contributed by atoms with E-state index in [4.69, 9.17) is 5.11 Å². The van der Waals surface area contributed by atoms with Gasteiger partial charge in [-0.1, -0.05) is 0 Å². The average Bonchev–Trinajstić information content (AvgIpc) is 2.67. The number of carboxylic acid groups (broad SMARTS) is 1. The van der Waals surface area contributed by atoms with Gasteiger partial charge < -0.3 is 10.0 Å². The van der Waals surface area contributed by atoms with Gasteiger partial charge >= 0.3 is 5.97 Å². The third-order valence-corrected chi connectivity index (χ3v) is 2.23. The average molecular weight is 211 g/mol. The first kappa shape index (κ1) is 11.2. The summed E-state index contributed by atoms with van der Waals surface area (Å²) in [4.78, 5) is 23.4. The van der Waals surface area contributed by atoms with E-state index < -0.39 is 12.0 Å². The molecule has 15 heavy (non-hydrogen) atoms. The molecule has 1 amide bonds. The topological polar surface area (TPSA) is 86.3 Å². The Kier molecular flexibility index (Phi) is 3.43. The minimum absolute atomic E-state index is 0.133. The van der Waals surface area contributed by atoms with Gasteiger partial charge in [0.2, 0.25) is 5.91 Å². The van der Waals surface area contributed by atoms with Crippen molar-refractivity contribution < 1.29 is 14.7 Å². The number of aliphatic carboxylic acids is 1. The first-order chi connectivity index (χ1) is 7.02. The zero-order valence-electron chi connectivity index (χ0n) is 8.60. The number of aromatic amines is 1. The summed E-state index contributed by atoms with van der Waals surface area (Å²) in [6.07, 6.45) is 1.68. The molecule has 82 valence electrons. The van der Waals surface area contributed by atoms with E-state index in [0.29, 0.717) is 5.69 Å². The fraction of sp³-hybridized carbons (Fsp3) is 0.444. The molecule has 1 aromatic heterocycles. The number of nitrogens with one attached hydrogen (secondary N) is 1. The van der Waals surface area contributed by atoms with Crippen molar-refractivity contribution in [2.24, 2.45) is 0 Å². The summed E-state index contributed by atoms with van der Waals surface area (Å²) < 4.78 is 0. The molecule has 0 aliphatic heterocycles. The second-order valence-corrected chi connectivity index (χ2v) is 3.28. The molecule has 0 spiro atoms. The maximum Gasteiger partial charge on any atom is 0.326 e. The summed E-state index contributed by atoms with van der Waals surface area (Å²) in [5.74, 6) is -1.27. The number of rotatable bonds is 4. The van der Waals surface area contributed by atoms with E-state index in [2.05, 4.69) is 10.2 Å². The number of aromatic nitrogens is 2. The molecule has 0 saturated carbocycles. The molecule has 0 aliphatic carbocycles. The second-order valence-electron chi connectivity index (χ2n) is 3.28. The number of carboxylic acids is 1. The Hall–Kier alpha value is -1.85. The van der Waals surface area contributed by atoms with Crippen LogP contribution in [0.1, 0.15) is 12.6 Å². The lowest BCUT2D eigenvalue weighted by Gasteiger charge is -2.20. The molecule has 1 unspecified atom stereocenters. The molecule has 2 N–H and O–H groups in total. The highest BCUT2D eigenvalue weighted by Crippen LogP contribution is 2.01. The summed E-state index contributed by atoms with van der Waals surface area (Å²) in [7, 11) is 1.47. The Bertz CT molecular complexity index is 347. The van der Waals surface area contributed by atoms with Crippen LogP contribution in [0, 0.1) is 0 Å².